The molecule has 0 aromatic heterocycles. The maximum absolute atomic E-state index is 14.5. The third kappa shape index (κ3) is 4.61. The molecule has 38 heavy (non-hydrogen) atoms. The lowest BCUT2D eigenvalue weighted by molar-refractivity contribution is -0.146. The highest BCUT2D eigenvalue weighted by Crippen LogP contribution is 2.60. The zero-order valence-electron chi connectivity index (χ0n) is 22.7. The molecule has 204 valence electrons. The molecule has 0 aliphatic carbocycles. The van der Waals surface area contributed by atoms with Crippen LogP contribution in [0.3, 0.4) is 0 Å². The summed E-state index contributed by atoms with van der Waals surface area (Å²) in [6, 6.07) is 15.8. The number of amides is 2. The molecule has 3 aliphatic rings. The van der Waals surface area contributed by atoms with Gasteiger partial charge in [-0.25, -0.2) is 0 Å². The zero-order chi connectivity index (χ0) is 27.1. The summed E-state index contributed by atoms with van der Waals surface area (Å²) in [5, 5.41) is 9.84. The summed E-state index contributed by atoms with van der Waals surface area (Å²) < 4.78 is 6.74. The summed E-state index contributed by atoms with van der Waals surface area (Å²) in [7, 11) is -2.77. The van der Waals surface area contributed by atoms with Gasteiger partial charge in [0.2, 0.25) is 5.91 Å². The van der Waals surface area contributed by atoms with E-state index in [1.54, 1.807) is 4.90 Å². The molecular weight excluding hydrogens is 496 g/mol. The third-order valence-corrected chi connectivity index (χ3v) is 11.2. The predicted octanol–water partition coefficient (Wildman–Crippen LogP) is 4.71. The van der Waals surface area contributed by atoms with Crippen LogP contribution in [0.5, 0.6) is 0 Å². The number of fused-ring (bicyclic) bond motifs is 2. The van der Waals surface area contributed by atoms with E-state index < -0.39 is 20.0 Å². The van der Waals surface area contributed by atoms with Crippen molar-refractivity contribution in [2.24, 2.45) is 5.92 Å². The highest BCUT2D eigenvalue weighted by Gasteiger charge is 2.66. The number of nitrogens with zero attached hydrogens (tertiary/aromatic N) is 2. The van der Waals surface area contributed by atoms with Crippen LogP contribution in [0.4, 0.5) is 11.4 Å². The van der Waals surface area contributed by atoms with Crippen LogP contribution in [0, 0.1) is 5.92 Å². The van der Waals surface area contributed by atoms with Crippen molar-refractivity contribution in [3.8, 4) is 0 Å². The number of aliphatic hydroxyl groups is 1. The van der Waals surface area contributed by atoms with Crippen LogP contribution in [0.25, 0.3) is 0 Å². The van der Waals surface area contributed by atoms with E-state index >= 15 is 0 Å². The van der Waals surface area contributed by atoms with Crippen LogP contribution >= 0.6 is 0 Å². The van der Waals surface area contributed by atoms with Crippen LogP contribution in [0.2, 0.25) is 18.6 Å². The average molecular weight is 537 g/mol. The summed E-state index contributed by atoms with van der Waals surface area (Å²) >= 11 is 0. The summed E-state index contributed by atoms with van der Waals surface area (Å²) in [5.41, 5.74) is 1.86. The van der Waals surface area contributed by atoms with Gasteiger partial charge in [-0.2, -0.15) is 0 Å². The van der Waals surface area contributed by atoms with Gasteiger partial charge in [0.1, 0.15) is 0 Å². The Morgan fingerprint density at radius 2 is 1.79 bits per heavy atom. The lowest BCUT2D eigenvalue weighted by Gasteiger charge is -2.33. The molecule has 1 spiro atoms. The molecule has 2 aromatic carbocycles. The van der Waals surface area contributed by atoms with Crippen molar-refractivity contribution in [2.45, 2.75) is 82.3 Å². The Morgan fingerprint density at radius 3 is 2.50 bits per heavy atom. The standard InChI is InChI=1S/C30H40N2O5Si/c1-21-28(38(2,3)36)26(16-18-33)37-30(21)24-19-23(31-17-10-5-4-9-13-27(31)34)14-15-25(24)32(29(30)35)20-22-11-7-6-8-12-22/h6-8,11-12,14-15,19,21,26,28,33,36H,4-5,9-10,13,16-18,20H2,1-3H3/t21-,26+,28-,30+/m0/s1. The summed E-state index contributed by atoms with van der Waals surface area (Å²) in [4.78, 5) is 42.5. The van der Waals surface area contributed by atoms with E-state index in [0.717, 1.165) is 48.2 Å². The van der Waals surface area contributed by atoms with Gasteiger partial charge in [0.15, 0.2) is 13.9 Å². The van der Waals surface area contributed by atoms with Gasteiger partial charge in [-0.3, -0.25) is 9.59 Å². The van der Waals surface area contributed by atoms with E-state index in [4.69, 9.17) is 4.74 Å². The molecule has 2 aromatic rings. The Bertz CT molecular complexity index is 1180. The molecule has 3 heterocycles. The van der Waals surface area contributed by atoms with Crippen molar-refractivity contribution >= 4 is 31.5 Å². The Hall–Kier alpha value is -2.52. The SMILES string of the molecule is C[C@H]1[C@H]([Si](C)(C)O)[C@@H](CCO)O[C@]12C(=O)N(Cc1ccccc1)c1ccc(N3CCCCCCC3=O)cc12. The van der Waals surface area contributed by atoms with Crippen molar-refractivity contribution in [1.29, 1.82) is 0 Å². The monoisotopic (exact) mass is 536 g/mol. The second kappa shape index (κ2) is 10.6. The molecule has 2 N–H and O–H groups in total. The number of rotatable bonds is 6. The fraction of sp³-hybridized carbons (Fsp3) is 0.533. The largest absolute Gasteiger partial charge is 0.432 e. The van der Waals surface area contributed by atoms with E-state index in [1.807, 2.05) is 73.4 Å². The third-order valence-electron chi connectivity index (χ3n) is 8.70. The van der Waals surface area contributed by atoms with Crippen molar-refractivity contribution in [3.05, 3.63) is 59.7 Å². The molecule has 0 saturated carbocycles. The van der Waals surface area contributed by atoms with Crippen LogP contribution in [0.1, 0.15) is 56.6 Å². The van der Waals surface area contributed by atoms with Gasteiger partial charge in [-0.15, -0.1) is 0 Å². The van der Waals surface area contributed by atoms with Crippen LogP contribution in [-0.2, 0) is 26.5 Å². The van der Waals surface area contributed by atoms with Gasteiger partial charge in [-0.1, -0.05) is 50.1 Å². The first kappa shape index (κ1) is 27.1. The zero-order valence-corrected chi connectivity index (χ0v) is 23.7. The number of carbonyl (C=O) groups excluding carboxylic acids is 2. The number of hydrogen-bond acceptors (Lipinski definition) is 5. The smallest absolute Gasteiger partial charge is 0.264 e. The van der Waals surface area contributed by atoms with Gasteiger partial charge in [0.05, 0.1) is 18.3 Å². The topological polar surface area (TPSA) is 90.3 Å². The Labute approximate surface area is 226 Å². The second-order valence-electron chi connectivity index (χ2n) is 11.7. The first-order valence-corrected chi connectivity index (χ1v) is 17.0. The Balaban J connectivity index is 1.63. The van der Waals surface area contributed by atoms with Gasteiger partial charge < -0.3 is 24.4 Å². The minimum atomic E-state index is -2.77. The van der Waals surface area contributed by atoms with E-state index in [1.165, 1.54) is 0 Å². The first-order chi connectivity index (χ1) is 18.2. The van der Waals surface area contributed by atoms with Crippen molar-refractivity contribution in [3.63, 3.8) is 0 Å². The van der Waals surface area contributed by atoms with Crippen LogP contribution < -0.4 is 9.80 Å². The maximum atomic E-state index is 14.5. The first-order valence-electron chi connectivity index (χ1n) is 14.0. The molecule has 7 nitrogen and oxygen atoms in total. The highest BCUT2D eigenvalue weighted by molar-refractivity contribution is 6.71. The molecule has 8 heteroatoms. The lowest BCUT2D eigenvalue weighted by Crippen LogP contribution is -2.46. The van der Waals surface area contributed by atoms with Crippen LogP contribution in [-0.4, -0.2) is 49.3 Å². The van der Waals surface area contributed by atoms with E-state index in [9.17, 15) is 19.5 Å². The molecule has 0 radical (unpaired) electrons. The van der Waals surface area contributed by atoms with E-state index in [2.05, 4.69) is 0 Å². The van der Waals surface area contributed by atoms with Gasteiger partial charge in [0.25, 0.3) is 5.91 Å². The van der Waals surface area contributed by atoms with Gasteiger partial charge >= 0.3 is 0 Å². The molecule has 2 amide bonds. The average Bonchev–Trinajstić information content (AvgIpc) is 3.29. The number of benzene rings is 2. The minimum absolute atomic E-state index is 0.0778. The lowest BCUT2D eigenvalue weighted by atomic mass is 9.82. The Morgan fingerprint density at radius 1 is 1.05 bits per heavy atom. The summed E-state index contributed by atoms with van der Waals surface area (Å²) in [5.74, 6) is -0.316. The molecule has 4 atom stereocenters. The predicted molar refractivity (Wildman–Crippen MR) is 150 cm³/mol. The molecule has 2 saturated heterocycles. The number of ether oxygens (including phenoxy) is 1. The number of aliphatic hydroxyl groups excluding tert-OH is 1. The fourth-order valence-corrected chi connectivity index (χ4v) is 9.59. The van der Waals surface area contributed by atoms with Crippen molar-refractivity contribution in [1.82, 2.24) is 0 Å². The molecule has 3 aliphatic heterocycles. The number of anilines is 2. The summed E-state index contributed by atoms with van der Waals surface area (Å²) in [6.45, 7) is 6.77. The Kier molecular flexibility index (Phi) is 7.52. The van der Waals surface area contributed by atoms with Crippen molar-refractivity contribution < 1.29 is 24.2 Å². The van der Waals surface area contributed by atoms with Gasteiger partial charge in [-0.05, 0) is 56.1 Å². The molecule has 2 fully saturated rings. The van der Waals surface area contributed by atoms with Crippen LogP contribution in [0.15, 0.2) is 48.5 Å². The molecule has 0 unspecified atom stereocenters. The van der Waals surface area contributed by atoms with Gasteiger partial charge in [0, 0.05) is 42.3 Å². The van der Waals surface area contributed by atoms with E-state index in [0.29, 0.717) is 25.9 Å². The molecule has 0 bridgehead atoms. The second-order valence-corrected chi connectivity index (χ2v) is 15.6. The quantitative estimate of drug-likeness (QED) is 0.522. The fourth-order valence-electron chi connectivity index (χ4n) is 6.99. The maximum Gasteiger partial charge on any atom is 0.264 e. The number of hydrogen-bond donors (Lipinski definition) is 2. The summed E-state index contributed by atoms with van der Waals surface area (Å²) in [6.07, 6.45) is 4.48. The molecular formula is C30H40N2O5Si. The normalized spacial score (nSPS) is 28.1. The molecule has 5 rings (SSSR count). The number of carbonyl (C=O) groups is 2. The van der Waals surface area contributed by atoms with E-state index in [-0.39, 0.29) is 29.9 Å². The minimum Gasteiger partial charge on any atom is -0.432 e. The van der Waals surface area contributed by atoms with Crippen molar-refractivity contribution in [2.75, 3.05) is 23.0 Å². The highest BCUT2D eigenvalue weighted by atomic mass is 28.4.